The number of thiazole rings is 1. The fourth-order valence-electron chi connectivity index (χ4n) is 2.60. The molecule has 1 aromatic heterocycles. The van der Waals surface area contributed by atoms with Gasteiger partial charge in [-0.25, -0.2) is 9.78 Å². The standard InChI is InChI=1S/C20H24N4O4S/c1-5-6-21-20-23-15(11-29-20)19(27)28-10-17(26)22-9-16(25)24-18-13(3)7-12(2)8-14(18)4/h5,7-8,11H,1,6,9-10H2,2-4H3,(H,21,23)(H,22,26)(H,24,25). The van der Waals surface area contributed by atoms with Gasteiger partial charge in [0.25, 0.3) is 5.91 Å². The van der Waals surface area contributed by atoms with Crippen LogP contribution in [0.25, 0.3) is 0 Å². The molecule has 0 fully saturated rings. The van der Waals surface area contributed by atoms with Crippen LogP contribution in [-0.4, -0.2) is 42.5 Å². The third-order valence-electron chi connectivity index (χ3n) is 3.83. The van der Waals surface area contributed by atoms with Crippen molar-refractivity contribution in [2.24, 2.45) is 0 Å². The maximum atomic E-state index is 12.1. The van der Waals surface area contributed by atoms with Gasteiger partial charge in [-0.3, -0.25) is 9.59 Å². The van der Waals surface area contributed by atoms with Crippen LogP contribution in [0, 0.1) is 20.8 Å². The molecular weight excluding hydrogens is 392 g/mol. The van der Waals surface area contributed by atoms with Crippen LogP contribution in [0.15, 0.2) is 30.2 Å². The highest BCUT2D eigenvalue weighted by molar-refractivity contribution is 7.13. The van der Waals surface area contributed by atoms with Gasteiger partial charge in [0, 0.05) is 17.6 Å². The van der Waals surface area contributed by atoms with Crippen LogP contribution in [-0.2, 0) is 14.3 Å². The summed E-state index contributed by atoms with van der Waals surface area (Å²) in [7, 11) is 0. The first kappa shape index (κ1) is 22.1. The van der Waals surface area contributed by atoms with Gasteiger partial charge in [-0.1, -0.05) is 23.8 Å². The Morgan fingerprint density at radius 2 is 1.86 bits per heavy atom. The highest BCUT2D eigenvalue weighted by atomic mass is 32.1. The van der Waals surface area contributed by atoms with E-state index in [4.69, 9.17) is 4.74 Å². The first-order valence-corrected chi connectivity index (χ1v) is 9.80. The molecule has 9 heteroatoms. The minimum atomic E-state index is -0.710. The van der Waals surface area contributed by atoms with Crippen LogP contribution in [0.3, 0.4) is 0 Å². The number of rotatable bonds is 9. The Labute approximate surface area is 173 Å². The molecule has 0 radical (unpaired) electrons. The number of carbonyl (C=O) groups is 3. The van der Waals surface area contributed by atoms with Gasteiger partial charge in [-0.15, -0.1) is 17.9 Å². The average Bonchev–Trinajstić information content (AvgIpc) is 3.14. The lowest BCUT2D eigenvalue weighted by atomic mass is 10.1. The van der Waals surface area contributed by atoms with Gasteiger partial charge in [-0.2, -0.15) is 0 Å². The fourth-order valence-corrected chi connectivity index (χ4v) is 3.29. The van der Waals surface area contributed by atoms with Gasteiger partial charge in [0.1, 0.15) is 0 Å². The zero-order valence-electron chi connectivity index (χ0n) is 16.6. The number of carbonyl (C=O) groups excluding carboxylic acids is 3. The van der Waals surface area contributed by atoms with E-state index in [1.54, 1.807) is 6.08 Å². The van der Waals surface area contributed by atoms with Gasteiger partial charge in [0.15, 0.2) is 17.4 Å². The number of amides is 2. The molecule has 1 aromatic carbocycles. The molecule has 29 heavy (non-hydrogen) atoms. The lowest BCUT2D eigenvalue weighted by molar-refractivity contribution is -0.126. The second kappa shape index (κ2) is 10.4. The van der Waals surface area contributed by atoms with Crippen molar-refractivity contribution in [2.75, 3.05) is 30.3 Å². The molecule has 1 heterocycles. The number of aromatic nitrogens is 1. The number of hydrogen-bond acceptors (Lipinski definition) is 7. The molecular formula is C20H24N4O4S. The van der Waals surface area contributed by atoms with E-state index in [1.165, 1.54) is 16.7 Å². The molecule has 2 aromatic rings. The topological polar surface area (TPSA) is 109 Å². The van der Waals surface area contributed by atoms with E-state index < -0.39 is 18.5 Å². The fraction of sp³-hybridized carbons (Fsp3) is 0.300. The van der Waals surface area contributed by atoms with Gasteiger partial charge in [0.05, 0.1) is 6.54 Å². The summed E-state index contributed by atoms with van der Waals surface area (Å²) in [6.07, 6.45) is 1.67. The molecule has 0 aliphatic carbocycles. The van der Waals surface area contributed by atoms with Crippen molar-refractivity contribution in [1.29, 1.82) is 0 Å². The summed E-state index contributed by atoms with van der Waals surface area (Å²) in [5.41, 5.74) is 3.84. The summed E-state index contributed by atoms with van der Waals surface area (Å²) in [6.45, 7) is 9.18. The highest BCUT2D eigenvalue weighted by Gasteiger charge is 2.15. The van der Waals surface area contributed by atoms with Crippen molar-refractivity contribution >= 4 is 39.9 Å². The molecule has 154 valence electrons. The molecule has 2 rings (SSSR count). The number of benzene rings is 1. The minimum absolute atomic E-state index is 0.109. The van der Waals surface area contributed by atoms with E-state index in [2.05, 4.69) is 27.5 Å². The Balaban J connectivity index is 1.76. The maximum absolute atomic E-state index is 12.1. The van der Waals surface area contributed by atoms with Crippen molar-refractivity contribution in [1.82, 2.24) is 10.3 Å². The van der Waals surface area contributed by atoms with Crippen LogP contribution in [0.1, 0.15) is 27.2 Å². The zero-order chi connectivity index (χ0) is 21.4. The smallest absolute Gasteiger partial charge is 0.358 e. The summed E-state index contributed by atoms with van der Waals surface area (Å²) in [6, 6.07) is 3.94. The Morgan fingerprint density at radius 1 is 1.17 bits per heavy atom. The summed E-state index contributed by atoms with van der Waals surface area (Å²) in [5.74, 6) is -1.65. The number of nitrogens with one attached hydrogen (secondary N) is 3. The molecule has 0 spiro atoms. The second-order valence-corrected chi connectivity index (χ2v) is 7.24. The lowest BCUT2D eigenvalue weighted by Gasteiger charge is -2.13. The summed E-state index contributed by atoms with van der Waals surface area (Å²) in [5, 5.41) is 10.3. The molecule has 2 amide bonds. The predicted molar refractivity (Wildman–Crippen MR) is 113 cm³/mol. The predicted octanol–water partition coefficient (Wildman–Crippen LogP) is 2.58. The molecule has 0 aliphatic rings. The molecule has 0 saturated heterocycles. The third-order valence-corrected chi connectivity index (χ3v) is 4.63. The van der Waals surface area contributed by atoms with Crippen LogP contribution >= 0.6 is 11.3 Å². The van der Waals surface area contributed by atoms with Crippen molar-refractivity contribution in [2.45, 2.75) is 20.8 Å². The number of aryl methyl sites for hydroxylation is 3. The van der Waals surface area contributed by atoms with Crippen LogP contribution < -0.4 is 16.0 Å². The summed E-state index contributed by atoms with van der Waals surface area (Å²) < 4.78 is 4.92. The molecule has 3 N–H and O–H groups in total. The number of hydrogen-bond donors (Lipinski definition) is 3. The highest BCUT2D eigenvalue weighted by Crippen LogP contribution is 2.21. The zero-order valence-corrected chi connectivity index (χ0v) is 17.4. The molecule has 0 aliphatic heterocycles. The monoisotopic (exact) mass is 416 g/mol. The first-order valence-electron chi connectivity index (χ1n) is 8.92. The summed E-state index contributed by atoms with van der Waals surface area (Å²) >= 11 is 1.25. The second-order valence-electron chi connectivity index (χ2n) is 6.38. The maximum Gasteiger partial charge on any atom is 0.358 e. The third kappa shape index (κ3) is 6.72. The number of nitrogens with zero attached hydrogens (tertiary/aromatic N) is 1. The van der Waals surface area contributed by atoms with Crippen LogP contribution in [0.4, 0.5) is 10.8 Å². The van der Waals surface area contributed by atoms with Crippen LogP contribution in [0.2, 0.25) is 0 Å². The van der Waals surface area contributed by atoms with E-state index >= 15 is 0 Å². The quantitative estimate of drug-likeness (QED) is 0.428. The van der Waals surface area contributed by atoms with E-state index in [1.807, 2.05) is 32.9 Å². The van der Waals surface area contributed by atoms with E-state index in [0.29, 0.717) is 11.7 Å². The Morgan fingerprint density at radius 3 is 2.52 bits per heavy atom. The Hall–Kier alpha value is -3.20. The van der Waals surface area contributed by atoms with Crippen molar-refractivity contribution in [3.8, 4) is 0 Å². The normalized spacial score (nSPS) is 10.2. The SMILES string of the molecule is C=CCNc1nc(C(=O)OCC(=O)NCC(=O)Nc2c(C)cc(C)cc2C)cs1. The average molecular weight is 417 g/mol. The Bertz CT molecular complexity index is 900. The van der Waals surface area contributed by atoms with Crippen molar-refractivity contribution in [3.63, 3.8) is 0 Å². The molecule has 0 bridgehead atoms. The van der Waals surface area contributed by atoms with Crippen LogP contribution in [0.5, 0.6) is 0 Å². The Kier molecular flexibility index (Phi) is 7.90. The molecule has 0 saturated carbocycles. The summed E-state index contributed by atoms with van der Waals surface area (Å²) in [4.78, 5) is 39.9. The first-order chi connectivity index (χ1) is 13.8. The lowest BCUT2D eigenvalue weighted by Crippen LogP contribution is -2.35. The largest absolute Gasteiger partial charge is 0.451 e. The van der Waals surface area contributed by atoms with Gasteiger partial charge in [0.2, 0.25) is 5.91 Å². The van der Waals surface area contributed by atoms with E-state index in [9.17, 15) is 14.4 Å². The number of anilines is 2. The van der Waals surface area contributed by atoms with Gasteiger partial charge in [-0.05, 0) is 31.9 Å². The van der Waals surface area contributed by atoms with E-state index in [0.717, 1.165) is 22.4 Å². The van der Waals surface area contributed by atoms with Gasteiger partial charge >= 0.3 is 5.97 Å². The minimum Gasteiger partial charge on any atom is -0.451 e. The number of esters is 1. The molecule has 0 atom stereocenters. The van der Waals surface area contributed by atoms with Crippen molar-refractivity contribution in [3.05, 3.63) is 52.6 Å². The molecule has 0 unspecified atom stereocenters. The van der Waals surface area contributed by atoms with E-state index in [-0.39, 0.29) is 18.1 Å². The van der Waals surface area contributed by atoms with Crippen molar-refractivity contribution < 1.29 is 19.1 Å². The molecule has 8 nitrogen and oxygen atoms in total. The number of ether oxygens (including phenoxy) is 1. The van der Waals surface area contributed by atoms with Gasteiger partial charge < -0.3 is 20.7 Å².